The summed E-state index contributed by atoms with van der Waals surface area (Å²) < 4.78 is 5.25. The van der Waals surface area contributed by atoms with Crippen molar-refractivity contribution >= 4 is 17.2 Å². The van der Waals surface area contributed by atoms with E-state index in [1.165, 1.54) is 11.3 Å². The minimum atomic E-state index is -0.242. The number of rotatable bonds is 3. The van der Waals surface area contributed by atoms with Gasteiger partial charge in [-0.05, 0) is 12.8 Å². The lowest BCUT2D eigenvalue weighted by molar-refractivity contribution is -0.130. The van der Waals surface area contributed by atoms with Crippen molar-refractivity contribution in [1.29, 1.82) is 0 Å². The molecule has 4 nitrogen and oxygen atoms in total. The van der Waals surface area contributed by atoms with Crippen LogP contribution in [0.1, 0.15) is 18.5 Å². The third kappa shape index (κ3) is 2.30. The fraction of sp³-hybridized carbons (Fsp3) is 0.556. The van der Waals surface area contributed by atoms with E-state index in [0.717, 1.165) is 18.5 Å². The summed E-state index contributed by atoms with van der Waals surface area (Å²) in [6.45, 7) is 1.21. The van der Waals surface area contributed by atoms with Crippen LogP contribution in [-0.2, 0) is 16.1 Å². The highest BCUT2D eigenvalue weighted by Gasteiger charge is 2.22. The fourth-order valence-electron chi connectivity index (χ4n) is 1.40. The average molecular weight is 212 g/mol. The predicted molar refractivity (Wildman–Crippen MR) is 52.9 cm³/mol. The van der Waals surface area contributed by atoms with Crippen molar-refractivity contribution in [2.75, 3.05) is 6.61 Å². The number of amides is 1. The number of nitrogens with zero attached hydrogens (tertiary/aromatic N) is 1. The molecular formula is C9H12N2O2S. The van der Waals surface area contributed by atoms with Gasteiger partial charge in [-0.25, -0.2) is 4.98 Å². The van der Waals surface area contributed by atoms with Crippen LogP contribution in [0.15, 0.2) is 10.9 Å². The number of hydrogen-bond acceptors (Lipinski definition) is 4. The first-order chi connectivity index (χ1) is 6.86. The van der Waals surface area contributed by atoms with E-state index in [-0.39, 0.29) is 12.0 Å². The maximum absolute atomic E-state index is 11.5. The zero-order chi connectivity index (χ0) is 9.80. The summed E-state index contributed by atoms with van der Waals surface area (Å²) >= 11 is 1.53. The molecule has 1 aliphatic rings. The zero-order valence-electron chi connectivity index (χ0n) is 7.73. The topological polar surface area (TPSA) is 51.2 Å². The molecule has 1 atom stereocenters. The van der Waals surface area contributed by atoms with Crippen molar-refractivity contribution in [2.45, 2.75) is 25.5 Å². The van der Waals surface area contributed by atoms with E-state index in [1.807, 2.05) is 5.38 Å². The number of ether oxygens (including phenoxy) is 1. The van der Waals surface area contributed by atoms with E-state index >= 15 is 0 Å². The second-order valence-electron chi connectivity index (χ2n) is 3.20. The molecule has 1 unspecified atom stereocenters. The van der Waals surface area contributed by atoms with Crippen LogP contribution < -0.4 is 5.32 Å². The molecule has 2 heterocycles. The summed E-state index contributed by atoms with van der Waals surface area (Å²) in [7, 11) is 0. The lowest BCUT2D eigenvalue weighted by Gasteiger charge is -2.08. The van der Waals surface area contributed by atoms with Gasteiger partial charge in [-0.3, -0.25) is 4.79 Å². The SMILES string of the molecule is O=C(NCc1cscn1)C1CCCO1. The second-order valence-corrected chi connectivity index (χ2v) is 3.92. The van der Waals surface area contributed by atoms with Gasteiger partial charge in [0.1, 0.15) is 6.10 Å². The minimum Gasteiger partial charge on any atom is -0.368 e. The molecule has 1 amide bonds. The normalized spacial score (nSPS) is 21.0. The summed E-state index contributed by atoms with van der Waals surface area (Å²) in [4.78, 5) is 15.6. The van der Waals surface area contributed by atoms with Gasteiger partial charge in [0.2, 0.25) is 5.91 Å². The quantitative estimate of drug-likeness (QED) is 0.811. The van der Waals surface area contributed by atoms with E-state index in [0.29, 0.717) is 13.2 Å². The van der Waals surface area contributed by atoms with Gasteiger partial charge in [0.25, 0.3) is 0 Å². The van der Waals surface area contributed by atoms with Crippen LogP contribution in [-0.4, -0.2) is 23.6 Å². The van der Waals surface area contributed by atoms with E-state index < -0.39 is 0 Å². The minimum absolute atomic E-state index is 0.0181. The van der Waals surface area contributed by atoms with Crippen LogP contribution in [0, 0.1) is 0 Å². The number of nitrogens with one attached hydrogen (secondary N) is 1. The molecule has 0 saturated carbocycles. The monoisotopic (exact) mass is 212 g/mol. The molecule has 1 N–H and O–H groups in total. The summed E-state index contributed by atoms with van der Waals surface area (Å²) in [5, 5.41) is 4.73. The molecule has 1 saturated heterocycles. The van der Waals surface area contributed by atoms with Gasteiger partial charge in [0, 0.05) is 12.0 Å². The van der Waals surface area contributed by atoms with Crippen LogP contribution in [0.25, 0.3) is 0 Å². The molecule has 14 heavy (non-hydrogen) atoms. The van der Waals surface area contributed by atoms with Gasteiger partial charge in [0.15, 0.2) is 0 Å². The summed E-state index contributed by atoms with van der Waals surface area (Å²) in [5.41, 5.74) is 2.66. The van der Waals surface area contributed by atoms with E-state index in [9.17, 15) is 4.79 Å². The fourth-order valence-corrected chi connectivity index (χ4v) is 1.96. The third-order valence-corrected chi connectivity index (χ3v) is 2.78. The Kier molecular flexibility index (Phi) is 3.10. The van der Waals surface area contributed by atoms with Crippen LogP contribution in [0.5, 0.6) is 0 Å². The van der Waals surface area contributed by atoms with Crippen molar-refractivity contribution in [3.05, 3.63) is 16.6 Å². The number of aromatic nitrogens is 1. The molecule has 76 valence electrons. The van der Waals surface area contributed by atoms with Crippen LogP contribution >= 0.6 is 11.3 Å². The van der Waals surface area contributed by atoms with Gasteiger partial charge in [0.05, 0.1) is 17.7 Å². The molecule has 1 aromatic heterocycles. The lowest BCUT2D eigenvalue weighted by atomic mass is 10.2. The van der Waals surface area contributed by atoms with Crippen molar-refractivity contribution in [2.24, 2.45) is 0 Å². The summed E-state index contributed by atoms with van der Waals surface area (Å²) in [6, 6.07) is 0. The molecule has 0 spiro atoms. The summed E-state index contributed by atoms with van der Waals surface area (Å²) in [6.07, 6.45) is 1.58. The standard InChI is InChI=1S/C9H12N2O2S/c12-9(8-2-1-3-13-8)10-4-7-5-14-6-11-7/h5-6,8H,1-4H2,(H,10,12). The average Bonchev–Trinajstić information content (AvgIpc) is 2.87. The Balaban J connectivity index is 1.77. The maximum atomic E-state index is 11.5. The Hall–Kier alpha value is -0.940. The van der Waals surface area contributed by atoms with Gasteiger partial charge in [-0.15, -0.1) is 11.3 Å². The largest absolute Gasteiger partial charge is 0.368 e. The number of hydrogen-bond donors (Lipinski definition) is 1. The lowest BCUT2D eigenvalue weighted by Crippen LogP contribution is -2.33. The highest BCUT2D eigenvalue weighted by molar-refractivity contribution is 7.07. The van der Waals surface area contributed by atoms with Crippen molar-refractivity contribution in [3.8, 4) is 0 Å². The van der Waals surface area contributed by atoms with Gasteiger partial charge >= 0.3 is 0 Å². The number of thiazole rings is 1. The highest BCUT2D eigenvalue weighted by atomic mass is 32.1. The zero-order valence-corrected chi connectivity index (χ0v) is 8.55. The van der Waals surface area contributed by atoms with Crippen LogP contribution in [0.2, 0.25) is 0 Å². The smallest absolute Gasteiger partial charge is 0.249 e. The van der Waals surface area contributed by atoms with E-state index in [1.54, 1.807) is 5.51 Å². The molecule has 1 aliphatic heterocycles. The van der Waals surface area contributed by atoms with Gasteiger partial charge < -0.3 is 10.1 Å². The molecule has 0 radical (unpaired) electrons. The first kappa shape index (κ1) is 9.61. The Morgan fingerprint density at radius 2 is 2.71 bits per heavy atom. The predicted octanol–water partition coefficient (Wildman–Crippen LogP) is 0.938. The number of carbonyl (C=O) groups excluding carboxylic acids is 1. The molecule has 0 aliphatic carbocycles. The van der Waals surface area contributed by atoms with E-state index in [4.69, 9.17) is 4.74 Å². The molecule has 2 rings (SSSR count). The van der Waals surface area contributed by atoms with E-state index in [2.05, 4.69) is 10.3 Å². The Morgan fingerprint density at radius 1 is 1.79 bits per heavy atom. The molecule has 1 fully saturated rings. The molecule has 0 aromatic carbocycles. The molecule has 5 heteroatoms. The van der Waals surface area contributed by atoms with Crippen molar-refractivity contribution in [3.63, 3.8) is 0 Å². The second kappa shape index (κ2) is 4.52. The summed E-state index contributed by atoms with van der Waals surface area (Å²) in [5.74, 6) is -0.0181. The molecular weight excluding hydrogens is 200 g/mol. The maximum Gasteiger partial charge on any atom is 0.249 e. The Morgan fingerprint density at radius 3 is 3.36 bits per heavy atom. The third-order valence-electron chi connectivity index (χ3n) is 2.15. The van der Waals surface area contributed by atoms with Crippen LogP contribution in [0.3, 0.4) is 0 Å². The van der Waals surface area contributed by atoms with Gasteiger partial charge in [-0.2, -0.15) is 0 Å². The molecule has 1 aromatic rings. The Bertz CT molecular complexity index is 294. The van der Waals surface area contributed by atoms with Crippen molar-refractivity contribution in [1.82, 2.24) is 10.3 Å². The number of carbonyl (C=O) groups is 1. The Labute approximate surface area is 86.3 Å². The van der Waals surface area contributed by atoms with Crippen LogP contribution in [0.4, 0.5) is 0 Å². The molecule has 0 bridgehead atoms. The van der Waals surface area contributed by atoms with Gasteiger partial charge in [-0.1, -0.05) is 0 Å². The first-order valence-corrected chi connectivity index (χ1v) is 5.57. The highest BCUT2D eigenvalue weighted by Crippen LogP contribution is 2.11. The van der Waals surface area contributed by atoms with Crippen molar-refractivity contribution < 1.29 is 9.53 Å². The first-order valence-electron chi connectivity index (χ1n) is 4.62.